The minimum Gasteiger partial charge on any atom is -0.488 e. The Balaban J connectivity index is 2.19. The predicted molar refractivity (Wildman–Crippen MR) is 76.5 cm³/mol. The lowest BCUT2D eigenvalue weighted by atomic mass is 9.77. The highest BCUT2D eigenvalue weighted by molar-refractivity contribution is 6.59. The Morgan fingerprint density at radius 2 is 1.58 bits per heavy atom. The van der Waals surface area contributed by atoms with Gasteiger partial charge in [0.15, 0.2) is 0 Å². The van der Waals surface area contributed by atoms with Crippen molar-refractivity contribution < 1.29 is 14.8 Å². The van der Waals surface area contributed by atoms with Crippen LogP contribution in [0.4, 0.5) is 0 Å². The van der Waals surface area contributed by atoms with Crippen molar-refractivity contribution >= 4 is 12.6 Å². The SMILES string of the molecule is Cc1cccc(C)c1OCc1ccccc1B(O)O. The molecule has 2 N–H and O–H groups in total. The van der Waals surface area contributed by atoms with Gasteiger partial charge in [0.1, 0.15) is 12.4 Å². The van der Waals surface area contributed by atoms with E-state index < -0.39 is 7.12 Å². The summed E-state index contributed by atoms with van der Waals surface area (Å²) in [5, 5.41) is 18.6. The van der Waals surface area contributed by atoms with Crippen LogP contribution in [0.5, 0.6) is 5.75 Å². The minimum absolute atomic E-state index is 0.319. The fourth-order valence-corrected chi connectivity index (χ4v) is 2.09. The molecule has 2 aromatic rings. The molecule has 0 saturated heterocycles. The van der Waals surface area contributed by atoms with Gasteiger partial charge in [-0.2, -0.15) is 0 Å². The summed E-state index contributed by atoms with van der Waals surface area (Å²) in [6.07, 6.45) is 0. The zero-order valence-electron chi connectivity index (χ0n) is 11.1. The molecule has 0 heterocycles. The van der Waals surface area contributed by atoms with Gasteiger partial charge in [-0.25, -0.2) is 0 Å². The Hall–Kier alpha value is -1.78. The second kappa shape index (κ2) is 5.91. The maximum atomic E-state index is 9.31. The molecule has 0 unspecified atom stereocenters. The normalized spacial score (nSPS) is 10.3. The number of ether oxygens (including phenoxy) is 1. The van der Waals surface area contributed by atoms with Gasteiger partial charge in [-0.3, -0.25) is 0 Å². The lowest BCUT2D eigenvalue weighted by molar-refractivity contribution is 0.302. The molecule has 0 fully saturated rings. The first kappa shape index (κ1) is 13.7. The Morgan fingerprint density at radius 1 is 0.947 bits per heavy atom. The van der Waals surface area contributed by atoms with Crippen LogP contribution >= 0.6 is 0 Å². The van der Waals surface area contributed by atoms with Crippen LogP contribution in [0.15, 0.2) is 42.5 Å². The van der Waals surface area contributed by atoms with Crippen LogP contribution in [-0.4, -0.2) is 17.2 Å². The number of para-hydroxylation sites is 1. The summed E-state index contributed by atoms with van der Waals surface area (Å²) in [4.78, 5) is 0. The van der Waals surface area contributed by atoms with E-state index in [-0.39, 0.29) is 0 Å². The van der Waals surface area contributed by atoms with Crippen molar-refractivity contribution in [1.29, 1.82) is 0 Å². The Labute approximate surface area is 113 Å². The van der Waals surface area contributed by atoms with Gasteiger partial charge in [-0.1, -0.05) is 42.5 Å². The number of rotatable bonds is 4. The van der Waals surface area contributed by atoms with Crippen LogP contribution < -0.4 is 10.2 Å². The van der Waals surface area contributed by atoms with Crippen LogP contribution in [0.3, 0.4) is 0 Å². The van der Waals surface area contributed by atoms with E-state index in [0.717, 1.165) is 22.4 Å². The van der Waals surface area contributed by atoms with Crippen LogP contribution in [0.25, 0.3) is 0 Å². The quantitative estimate of drug-likeness (QED) is 0.816. The highest BCUT2D eigenvalue weighted by atomic mass is 16.5. The summed E-state index contributed by atoms with van der Waals surface area (Å²) in [6.45, 7) is 4.31. The first-order valence-corrected chi connectivity index (χ1v) is 6.22. The molecule has 0 aliphatic rings. The van der Waals surface area contributed by atoms with Crippen LogP contribution in [0, 0.1) is 13.8 Å². The average molecular weight is 256 g/mol. The van der Waals surface area contributed by atoms with Gasteiger partial charge >= 0.3 is 7.12 Å². The summed E-state index contributed by atoms with van der Waals surface area (Å²) in [5.74, 6) is 0.852. The molecule has 0 aromatic heterocycles. The first-order valence-electron chi connectivity index (χ1n) is 6.22. The maximum absolute atomic E-state index is 9.31. The average Bonchev–Trinajstić information content (AvgIpc) is 2.38. The predicted octanol–water partition coefficient (Wildman–Crippen LogP) is 1.56. The van der Waals surface area contributed by atoms with Crippen LogP contribution in [-0.2, 0) is 6.61 Å². The van der Waals surface area contributed by atoms with Gasteiger partial charge in [-0.15, -0.1) is 0 Å². The van der Waals surface area contributed by atoms with Crippen molar-refractivity contribution in [3.05, 3.63) is 59.2 Å². The molecule has 98 valence electrons. The highest BCUT2D eigenvalue weighted by Gasteiger charge is 2.15. The van der Waals surface area contributed by atoms with E-state index in [4.69, 9.17) is 4.74 Å². The molecular formula is C15H17BO3. The van der Waals surface area contributed by atoms with Crippen molar-refractivity contribution in [3.8, 4) is 5.75 Å². The monoisotopic (exact) mass is 256 g/mol. The fraction of sp³-hybridized carbons (Fsp3) is 0.200. The number of benzene rings is 2. The zero-order valence-corrected chi connectivity index (χ0v) is 11.1. The third-order valence-electron chi connectivity index (χ3n) is 3.11. The molecular weight excluding hydrogens is 239 g/mol. The number of hydrogen-bond donors (Lipinski definition) is 2. The molecule has 0 aliphatic carbocycles. The maximum Gasteiger partial charge on any atom is 0.488 e. The molecule has 2 aromatic carbocycles. The molecule has 0 saturated carbocycles. The third-order valence-corrected chi connectivity index (χ3v) is 3.11. The van der Waals surface area contributed by atoms with Crippen molar-refractivity contribution in [2.75, 3.05) is 0 Å². The van der Waals surface area contributed by atoms with Crippen LogP contribution in [0.2, 0.25) is 0 Å². The largest absolute Gasteiger partial charge is 0.488 e. The van der Waals surface area contributed by atoms with E-state index in [0.29, 0.717) is 12.1 Å². The topological polar surface area (TPSA) is 49.7 Å². The lowest BCUT2D eigenvalue weighted by Crippen LogP contribution is -2.33. The number of aryl methyl sites for hydroxylation is 2. The van der Waals surface area contributed by atoms with E-state index in [9.17, 15) is 10.0 Å². The van der Waals surface area contributed by atoms with E-state index in [1.807, 2.05) is 44.2 Å². The molecule has 0 spiro atoms. The molecule has 0 radical (unpaired) electrons. The van der Waals surface area contributed by atoms with E-state index in [1.54, 1.807) is 12.1 Å². The van der Waals surface area contributed by atoms with Crippen LogP contribution in [0.1, 0.15) is 16.7 Å². The summed E-state index contributed by atoms with van der Waals surface area (Å²) in [6, 6.07) is 13.1. The van der Waals surface area contributed by atoms with Gasteiger partial charge in [0.25, 0.3) is 0 Å². The van der Waals surface area contributed by atoms with Crippen molar-refractivity contribution in [1.82, 2.24) is 0 Å². The van der Waals surface area contributed by atoms with E-state index in [2.05, 4.69) is 0 Å². The van der Waals surface area contributed by atoms with Gasteiger partial charge in [-0.05, 0) is 36.0 Å². The Kier molecular flexibility index (Phi) is 4.25. The lowest BCUT2D eigenvalue weighted by Gasteiger charge is -2.14. The zero-order chi connectivity index (χ0) is 13.8. The Bertz CT molecular complexity index is 547. The van der Waals surface area contributed by atoms with E-state index >= 15 is 0 Å². The third kappa shape index (κ3) is 3.16. The molecule has 0 amide bonds. The molecule has 0 bridgehead atoms. The van der Waals surface area contributed by atoms with Crippen molar-refractivity contribution in [2.45, 2.75) is 20.5 Å². The van der Waals surface area contributed by atoms with Gasteiger partial charge in [0.2, 0.25) is 0 Å². The molecule has 19 heavy (non-hydrogen) atoms. The summed E-state index contributed by atoms with van der Waals surface area (Å²) < 4.78 is 5.82. The highest BCUT2D eigenvalue weighted by Crippen LogP contribution is 2.23. The molecule has 3 nitrogen and oxygen atoms in total. The van der Waals surface area contributed by atoms with E-state index in [1.165, 1.54) is 0 Å². The molecule has 0 aliphatic heterocycles. The minimum atomic E-state index is -1.47. The molecule has 2 rings (SSSR count). The van der Waals surface area contributed by atoms with Crippen molar-refractivity contribution in [3.63, 3.8) is 0 Å². The second-order valence-electron chi connectivity index (χ2n) is 4.58. The fourth-order valence-electron chi connectivity index (χ4n) is 2.09. The summed E-state index contributed by atoms with van der Waals surface area (Å²) >= 11 is 0. The first-order chi connectivity index (χ1) is 9.09. The summed E-state index contributed by atoms with van der Waals surface area (Å²) in [7, 11) is -1.47. The molecule has 0 atom stereocenters. The standard InChI is InChI=1S/C15H17BO3/c1-11-6-5-7-12(2)15(11)19-10-13-8-3-4-9-14(13)16(17)18/h3-9,17-18H,10H2,1-2H3. The number of hydrogen-bond acceptors (Lipinski definition) is 3. The van der Waals surface area contributed by atoms with Crippen molar-refractivity contribution in [2.24, 2.45) is 0 Å². The second-order valence-corrected chi connectivity index (χ2v) is 4.58. The smallest absolute Gasteiger partial charge is 0.488 e. The van der Waals surface area contributed by atoms with Gasteiger partial charge < -0.3 is 14.8 Å². The van der Waals surface area contributed by atoms with Gasteiger partial charge in [0, 0.05) is 0 Å². The summed E-state index contributed by atoms with van der Waals surface area (Å²) in [5.41, 5.74) is 3.40. The Morgan fingerprint density at radius 3 is 2.21 bits per heavy atom. The van der Waals surface area contributed by atoms with Gasteiger partial charge in [0.05, 0.1) is 0 Å². The molecule has 4 heteroatoms.